The van der Waals surface area contributed by atoms with Gasteiger partial charge in [0.25, 0.3) is 0 Å². The van der Waals surface area contributed by atoms with Gasteiger partial charge in [-0.15, -0.1) is 0 Å². The van der Waals surface area contributed by atoms with Gasteiger partial charge in [-0.05, 0) is 37.5 Å². The van der Waals surface area contributed by atoms with Crippen molar-refractivity contribution in [1.82, 2.24) is 19.4 Å². The number of rotatable bonds is 5. The quantitative estimate of drug-likeness (QED) is 0.210. The molecule has 4 aromatic heterocycles. The first-order chi connectivity index (χ1) is 15.7. The maximum atomic E-state index is 10.7. The largest absolute Gasteiger partial charge is 0.411 e. The second-order valence-corrected chi connectivity index (χ2v) is 8.27. The van der Waals surface area contributed by atoms with Crippen LogP contribution in [0.4, 0.5) is 5.82 Å². The molecule has 4 heterocycles. The monoisotopic (exact) mass is 428 g/mol. The number of imidazole rings is 1. The Balaban J connectivity index is 0.000000666. The summed E-state index contributed by atoms with van der Waals surface area (Å²) in [5.41, 5.74) is 5.96. The first-order valence-corrected chi connectivity index (χ1v) is 10.8. The Hall–Kier alpha value is -3.81. The van der Waals surface area contributed by atoms with Crippen LogP contribution in [0.15, 0.2) is 48.1 Å². The molecule has 0 atom stereocenters. The van der Waals surface area contributed by atoms with Crippen molar-refractivity contribution in [2.45, 2.75) is 39.0 Å². The van der Waals surface area contributed by atoms with E-state index in [0.29, 0.717) is 29.6 Å². The van der Waals surface area contributed by atoms with E-state index in [4.69, 9.17) is 0 Å². The van der Waals surface area contributed by atoms with Crippen molar-refractivity contribution in [3.05, 3.63) is 54.2 Å². The highest BCUT2D eigenvalue weighted by molar-refractivity contribution is 6.02. The molecule has 0 unspecified atom stereocenters. The fourth-order valence-electron chi connectivity index (χ4n) is 3.71. The van der Waals surface area contributed by atoms with Crippen LogP contribution in [0.3, 0.4) is 0 Å². The molecule has 32 heavy (non-hydrogen) atoms. The molecule has 4 aromatic rings. The van der Waals surface area contributed by atoms with Crippen LogP contribution < -0.4 is 5.32 Å². The number of oxime groups is 1. The van der Waals surface area contributed by atoms with Crippen LogP contribution in [0, 0.1) is 12.8 Å². The number of carbonyl (C=O) groups is 1. The lowest BCUT2D eigenvalue weighted by molar-refractivity contribution is -0.105. The van der Waals surface area contributed by atoms with Gasteiger partial charge in [0.1, 0.15) is 17.2 Å². The van der Waals surface area contributed by atoms with Crippen molar-refractivity contribution < 1.29 is 10.0 Å². The highest BCUT2D eigenvalue weighted by atomic mass is 16.4. The van der Waals surface area contributed by atoms with Gasteiger partial charge in [-0.1, -0.05) is 24.4 Å². The van der Waals surface area contributed by atoms with Crippen molar-refractivity contribution in [3.8, 4) is 11.1 Å². The molecule has 2 saturated carbocycles. The summed E-state index contributed by atoms with van der Waals surface area (Å²) in [6.45, 7) is 2.02. The highest BCUT2D eigenvalue weighted by Gasteiger charge is 2.30. The van der Waals surface area contributed by atoms with Gasteiger partial charge in [0, 0.05) is 53.3 Å². The van der Waals surface area contributed by atoms with E-state index in [0.717, 1.165) is 46.1 Å². The molecule has 2 aliphatic rings. The molecule has 1 amide bonds. The second kappa shape index (κ2) is 8.37. The molecule has 0 radical (unpaired) electrons. The summed E-state index contributed by atoms with van der Waals surface area (Å²) in [6.07, 6.45) is 14.3. The minimum atomic E-state index is 0.303. The zero-order valence-electron chi connectivity index (χ0n) is 17.8. The van der Waals surface area contributed by atoms with Crippen LogP contribution in [0.1, 0.15) is 43.4 Å². The van der Waals surface area contributed by atoms with Crippen LogP contribution in [0.5, 0.6) is 0 Å². The zero-order chi connectivity index (χ0) is 22.1. The Morgan fingerprint density at radius 1 is 1.12 bits per heavy atom. The molecule has 8 nitrogen and oxygen atoms in total. The summed E-state index contributed by atoms with van der Waals surface area (Å²) >= 11 is 0. The molecule has 0 saturated heterocycles. The van der Waals surface area contributed by atoms with Crippen molar-refractivity contribution >= 4 is 34.5 Å². The molecular weight excluding hydrogens is 404 g/mol. The Labute approximate surface area is 185 Å². The Kier molecular flexibility index (Phi) is 5.26. The van der Waals surface area contributed by atoms with Gasteiger partial charge >= 0.3 is 0 Å². The number of aromatic nitrogens is 4. The van der Waals surface area contributed by atoms with Gasteiger partial charge < -0.3 is 10.5 Å². The number of aryl methyl sites for hydroxylation is 1. The summed E-state index contributed by atoms with van der Waals surface area (Å²) < 4.78 is 1.97. The van der Waals surface area contributed by atoms with E-state index in [9.17, 15) is 10.0 Å². The molecule has 0 spiro atoms. The van der Waals surface area contributed by atoms with Gasteiger partial charge in [-0.2, -0.15) is 0 Å². The van der Waals surface area contributed by atoms with Gasteiger partial charge in [0.2, 0.25) is 6.41 Å². The van der Waals surface area contributed by atoms with E-state index in [1.807, 2.05) is 41.9 Å². The summed E-state index contributed by atoms with van der Waals surface area (Å²) in [6, 6.07) is 5.80. The average molecular weight is 428 g/mol. The minimum absolute atomic E-state index is 0.303. The lowest BCUT2D eigenvalue weighted by Gasteiger charge is -2.12. The van der Waals surface area contributed by atoms with Gasteiger partial charge in [0.15, 0.2) is 0 Å². The number of fused-ring (bicyclic) bond motifs is 3. The van der Waals surface area contributed by atoms with Crippen LogP contribution in [0.2, 0.25) is 0 Å². The normalized spacial score (nSPS) is 15.3. The highest BCUT2D eigenvalue weighted by Crippen LogP contribution is 2.35. The molecule has 2 fully saturated rings. The minimum Gasteiger partial charge on any atom is -0.411 e. The van der Waals surface area contributed by atoms with Crippen molar-refractivity contribution in [2.75, 3.05) is 5.32 Å². The molecule has 6 rings (SSSR count). The van der Waals surface area contributed by atoms with Crippen LogP contribution in [-0.2, 0) is 4.79 Å². The van der Waals surface area contributed by atoms with Crippen LogP contribution in [-0.4, -0.2) is 36.7 Å². The van der Waals surface area contributed by atoms with Crippen molar-refractivity contribution in [3.63, 3.8) is 0 Å². The second-order valence-electron chi connectivity index (χ2n) is 8.27. The molecular formula is C24H24N6O2. The van der Waals surface area contributed by atoms with Gasteiger partial charge in [-0.25, -0.2) is 9.97 Å². The Morgan fingerprint density at radius 2 is 1.94 bits per heavy atom. The standard InChI is InChI=1S/C21H18N6O2.C3H6/c1-12-6-17(20(26-29)13-2-3-13)23-10-16(12)15-7-14-9-24-19(25-11-28)8-18(14)27-5-4-22-21(15)27;1-2-3-1/h4-11,13,29H,2-3H2,1H3,(H,24,25,28);1-3H2/b26-20-;. The third-order valence-corrected chi connectivity index (χ3v) is 5.65. The number of anilines is 1. The first kappa shape index (κ1) is 20.1. The number of amides is 1. The van der Waals surface area contributed by atoms with Crippen molar-refractivity contribution in [1.29, 1.82) is 0 Å². The van der Waals surface area contributed by atoms with Crippen molar-refractivity contribution in [2.24, 2.45) is 11.1 Å². The lowest BCUT2D eigenvalue weighted by atomic mass is 10.0. The lowest BCUT2D eigenvalue weighted by Crippen LogP contribution is -2.07. The fourth-order valence-corrected chi connectivity index (χ4v) is 3.71. The number of nitrogens with zero attached hydrogens (tertiary/aromatic N) is 5. The van der Waals surface area contributed by atoms with E-state index in [2.05, 4.69) is 25.4 Å². The summed E-state index contributed by atoms with van der Waals surface area (Å²) in [5, 5.41) is 16.3. The fraction of sp³-hybridized carbons (Fsp3) is 0.292. The van der Waals surface area contributed by atoms with E-state index < -0.39 is 0 Å². The zero-order valence-corrected chi connectivity index (χ0v) is 17.8. The number of nitrogens with one attached hydrogen (secondary N) is 1. The Bertz CT molecular complexity index is 1330. The molecule has 0 aromatic carbocycles. The maximum absolute atomic E-state index is 10.7. The molecule has 0 aliphatic heterocycles. The predicted molar refractivity (Wildman–Crippen MR) is 123 cm³/mol. The third-order valence-electron chi connectivity index (χ3n) is 5.65. The van der Waals surface area contributed by atoms with Crippen LogP contribution in [0.25, 0.3) is 27.7 Å². The predicted octanol–water partition coefficient (Wildman–Crippen LogP) is 4.58. The molecule has 2 aliphatic carbocycles. The summed E-state index contributed by atoms with van der Waals surface area (Å²) in [5.74, 6) is 0.783. The SMILES string of the molecule is C1CC1.Cc1cc(/C(=N\O)C2CC2)ncc1-c1cc2cnc(NC=O)cc2n2ccnc12. The molecule has 0 bridgehead atoms. The third kappa shape index (κ3) is 3.91. The van der Waals surface area contributed by atoms with E-state index in [1.165, 1.54) is 19.3 Å². The number of hydrogen-bond donors (Lipinski definition) is 2. The van der Waals surface area contributed by atoms with E-state index in [1.54, 1.807) is 12.4 Å². The maximum Gasteiger partial charge on any atom is 0.212 e. The van der Waals surface area contributed by atoms with Gasteiger partial charge in [-0.3, -0.25) is 14.2 Å². The number of carbonyl (C=O) groups excluding carboxylic acids is 1. The number of hydrogen-bond acceptors (Lipinski definition) is 6. The summed E-state index contributed by atoms with van der Waals surface area (Å²) in [4.78, 5) is 24.1. The molecule has 162 valence electrons. The summed E-state index contributed by atoms with van der Waals surface area (Å²) in [7, 11) is 0. The van der Waals surface area contributed by atoms with E-state index in [-0.39, 0.29) is 0 Å². The average Bonchev–Trinajstić information content (AvgIpc) is 3.73. The first-order valence-electron chi connectivity index (χ1n) is 10.8. The smallest absolute Gasteiger partial charge is 0.212 e. The number of pyridine rings is 3. The topological polar surface area (TPSA) is 105 Å². The van der Waals surface area contributed by atoms with E-state index >= 15 is 0 Å². The van der Waals surface area contributed by atoms with Gasteiger partial charge in [0.05, 0.1) is 11.2 Å². The van der Waals surface area contributed by atoms with Crippen LogP contribution >= 0.6 is 0 Å². The molecule has 8 heteroatoms. The Morgan fingerprint density at radius 3 is 2.59 bits per heavy atom. The molecule has 2 N–H and O–H groups in total.